The standard InChI is InChI=1S/C23H24N2O2S/c26-22(17-6-2-1-3-7-17)18-11-14-25(15-12-18)23(27)24-13-10-19-16-28-21-9-5-4-8-20(19)21/h1-9,16,18H,10-15H2,(H,24,27). The number of likely N-dealkylation sites (tertiary alicyclic amines) is 1. The average Bonchev–Trinajstić information content (AvgIpc) is 3.17. The van der Waals surface area contributed by atoms with E-state index in [1.54, 1.807) is 11.3 Å². The molecule has 0 saturated carbocycles. The molecule has 0 aliphatic carbocycles. The maximum absolute atomic E-state index is 12.6. The lowest BCUT2D eigenvalue weighted by molar-refractivity contribution is 0.0854. The molecule has 0 atom stereocenters. The first-order valence-corrected chi connectivity index (χ1v) is 10.7. The van der Waals surface area contributed by atoms with Gasteiger partial charge in [0.15, 0.2) is 5.78 Å². The van der Waals surface area contributed by atoms with Gasteiger partial charge in [-0.15, -0.1) is 11.3 Å². The Hall–Kier alpha value is -2.66. The van der Waals surface area contributed by atoms with Crippen LogP contribution in [-0.4, -0.2) is 36.3 Å². The number of ketones is 1. The number of amides is 2. The van der Waals surface area contributed by atoms with Crippen LogP contribution >= 0.6 is 11.3 Å². The summed E-state index contributed by atoms with van der Waals surface area (Å²) < 4.78 is 1.29. The summed E-state index contributed by atoms with van der Waals surface area (Å²) in [4.78, 5) is 26.9. The SMILES string of the molecule is O=C(c1ccccc1)C1CCN(C(=O)NCCc2csc3ccccc23)CC1. The number of Topliss-reactive ketones (excluding diaryl/α,β-unsaturated/α-hetero) is 1. The molecule has 28 heavy (non-hydrogen) atoms. The van der Waals surface area contributed by atoms with E-state index in [2.05, 4.69) is 35.0 Å². The minimum Gasteiger partial charge on any atom is -0.338 e. The summed E-state index contributed by atoms with van der Waals surface area (Å²) in [6.07, 6.45) is 2.30. The van der Waals surface area contributed by atoms with Crippen LogP contribution in [0.2, 0.25) is 0 Å². The average molecular weight is 393 g/mol. The molecule has 4 nitrogen and oxygen atoms in total. The Labute approximate surface area is 169 Å². The number of hydrogen-bond acceptors (Lipinski definition) is 3. The molecule has 2 aromatic carbocycles. The minimum absolute atomic E-state index is 0.0172. The third-order valence-corrected chi connectivity index (χ3v) is 6.46. The Bertz CT molecular complexity index is 959. The highest BCUT2D eigenvalue weighted by Gasteiger charge is 2.27. The normalized spacial score (nSPS) is 14.9. The van der Waals surface area contributed by atoms with Crippen molar-refractivity contribution in [3.05, 3.63) is 71.1 Å². The summed E-state index contributed by atoms with van der Waals surface area (Å²) in [5.41, 5.74) is 2.06. The molecule has 2 amide bonds. The highest BCUT2D eigenvalue weighted by atomic mass is 32.1. The number of fused-ring (bicyclic) bond motifs is 1. The van der Waals surface area contributed by atoms with E-state index in [4.69, 9.17) is 0 Å². The maximum Gasteiger partial charge on any atom is 0.317 e. The van der Waals surface area contributed by atoms with Crippen LogP contribution < -0.4 is 5.32 Å². The van der Waals surface area contributed by atoms with Gasteiger partial charge in [0.1, 0.15) is 0 Å². The van der Waals surface area contributed by atoms with Crippen molar-refractivity contribution in [2.24, 2.45) is 5.92 Å². The third-order valence-electron chi connectivity index (χ3n) is 5.44. The van der Waals surface area contributed by atoms with Crippen molar-refractivity contribution in [1.29, 1.82) is 0 Å². The Kier molecular flexibility index (Phi) is 5.72. The first-order chi connectivity index (χ1) is 13.7. The lowest BCUT2D eigenvalue weighted by atomic mass is 9.89. The molecule has 2 heterocycles. The van der Waals surface area contributed by atoms with Crippen LogP contribution in [0.1, 0.15) is 28.8 Å². The van der Waals surface area contributed by atoms with E-state index in [9.17, 15) is 9.59 Å². The molecule has 5 heteroatoms. The van der Waals surface area contributed by atoms with Gasteiger partial charge in [-0.2, -0.15) is 0 Å². The maximum atomic E-state index is 12.6. The molecule has 0 radical (unpaired) electrons. The Morgan fingerprint density at radius 3 is 2.50 bits per heavy atom. The van der Waals surface area contributed by atoms with Crippen molar-refractivity contribution in [2.45, 2.75) is 19.3 Å². The molecule has 1 aliphatic rings. The Morgan fingerprint density at radius 1 is 1.00 bits per heavy atom. The van der Waals surface area contributed by atoms with Gasteiger partial charge in [-0.3, -0.25) is 4.79 Å². The topological polar surface area (TPSA) is 49.4 Å². The van der Waals surface area contributed by atoms with Crippen LogP contribution in [0.5, 0.6) is 0 Å². The number of nitrogens with zero attached hydrogens (tertiary/aromatic N) is 1. The summed E-state index contributed by atoms with van der Waals surface area (Å²) in [6, 6.07) is 17.8. The predicted octanol–water partition coefficient (Wildman–Crippen LogP) is 4.75. The van der Waals surface area contributed by atoms with Gasteiger partial charge in [-0.05, 0) is 41.7 Å². The fourth-order valence-electron chi connectivity index (χ4n) is 3.83. The molecule has 1 aliphatic heterocycles. The number of piperidine rings is 1. The van der Waals surface area contributed by atoms with E-state index in [1.165, 1.54) is 15.6 Å². The summed E-state index contributed by atoms with van der Waals surface area (Å²) in [7, 11) is 0. The molecular formula is C23H24N2O2S. The van der Waals surface area contributed by atoms with Crippen LogP contribution in [0.4, 0.5) is 4.79 Å². The first-order valence-electron chi connectivity index (χ1n) is 9.79. The number of rotatable bonds is 5. The van der Waals surface area contributed by atoms with Crippen LogP contribution in [0.15, 0.2) is 60.0 Å². The number of nitrogens with one attached hydrogen (secondary N) is 1. The zero-order valence-electron chi connectivity index (χ0n) is 15.8. The van der Waals surface area contributed by atoms with Crippen molar-refractivity contribution >= 4 is 33.2 Å². The third kappa shape index (κ3) is 4.09. The van der Waals surface area contributed by atoms with Crippen LogP contribution in [-0.2, 0) is 6.42 Å². The van der Waals surface area contributed by atoms with Gasteiger partial charge in [0.05, 0.1) is 0 Å². The predicted molar refractivity (Wildman–Crippen MR) is 114 cm³/mol. The summed E-state index contributed by atoms with van der Waals surface area (Å²) in [5.74, 6) is 0.216. The molecule has 1 N–H and O–H groups in total. The Morgan fingerprint density at radius 2 is 1.71 bits per heavy atom. The Balaban J connectivity index is 1.25. The van der Waals surface area contributed by atoms with E-state index < -0.39 is 0 Å². The summed E-state index contributed by atoms with van der Waals surface area (Å²) in [5, 5.41) is 6.50. The second kappa shape index (κ2) is 8.57. The quantitative estimate of drug-likeness (QED) is 0.637. The van der Waals surface area contributed by atoms with Crippen molar-refractivity contribution in [3.63, 3.8) is 0 Å². The monoisotopic (exact) mass is 392 g/mol. The summed E-state index contributed by atoms with van der Waals surface area (Å²) >= 11 is 1.75. The van der Waals surface area contributed by atoms with Crippen LogP contribution in [0, 0.1) is 5.92 Å². The van der Waals surface area contributed by atoms with Crippen molar-refractivity contribution in [3.8, 4) is 0 Å². The number of benzene rings is 2. The minimum atomic E-state index is -0.0230. The first kappa shape index (κ1) is 18.7. The molecule has 1 aromatic heterocycles. The zero-order chi connectivity index (χ0) is 19.3. The zero-order valence-corrected chi connectivity index (χ0v) is 16.6. The molecule has 3 aromatic rings. The molecule has 1 fully saturated rings. The second-order valence-electron chi connectivity index (χ2n) is 7.23. The molecule has 0 bridgehead atoms. The largest absolute Gasteiger partial charge is 0.338 e. The van der Waals surface area contributed by atoms with E-state index in [0.29, 0.717) is 19.6 Å². The second-order valence-corrected chi connectivity index (χ2v) is 8.14. The van der Waals surface area contributed by atoms with E-state index >= 15 is 0 Å². The van der Waals surface area contributed by atoms with Gasteiger partial charge in [0.25, 0.3) is 0 Å². The fourth-order valence-corrected chi connectivity index (χ4v) is 4.82. The van der Waals surface area contributed by atoms with E-state index in [0.717, 1.165) is 24.8 Å². The number of hydrogen-bond donors (Lipinski definition) is 1. The van der Waals surface area contributed by atoms with Gasteiger partial charge in [-0.1, -0.05) is 48.5 Å². The van der Waals surface area contributed by atoms with Gasteiger partial charge in [-0.25, -0.2) is 4.79 Å². The molecule has 0 spiro atoms. The number of carbonyl (C=O) groups excluding carboxylic acids is 2. The van der Waals surface area contributed by atoms with E-state index in [1.807, 2.05) is 35.2 Å². The lowest BCUT2D eigenvalue weighted by Crippen LogP contribution is -2.45. The summed E-state index contributed by atoms with van der Waals surface area (Å²) in [6.45, 7) is 1.90. The molecule has 144 valence electrons. The van der Waals surface area contributed by atoms with Crippen LogP contribution in [0.3, 0.4) is 0 Å². The van der Waals surface area contributed by atoms with Crippen LogP contribution in [0.25, 0.3) is 10.1 Å². The van der Waals surface area contributed by atoms with Gasteiger partial charge in [0.2, 0.25) is 0 Å². The molecular weight excluding hydrogens is 368 g/mol. The number of urea groups is 1. The number of carbonyl (C=O) groups is 2. The highest BCUT2D eigenvalue weighted by molar-refractivity contribution is 7.17. The van der Waals surface area contributed by atoms with Crippen molar-refractivity contribution < 1.29 is 9.59 Å². The van der Waals surface area contributed by atoms with Gasteiger partial charge < -0.3 is 10.2 Å². The molecule has 1 saturated heterocycles. The lowest BCUT2D eigenvalue weighted by Gasteiger charge is -2.31. The van der Waals surface area contributed by atoms with Gasteiger partial charge in [0, 0.05) is 35.8 Å². The number of thiophene rings is 1. The smallest absolute Gasteiger partial charge is 0.317 e. The van der Waals surface area contributed by atoms with E-state index in [-0.39, 0.29) is 17.7 Å². The van der Waals surface area contributed by atoms with Crippen molar-refractivity contribution in [2.75, 3.05) is 19.6 Å². The highest BCUT2D eigenvalue weighted by Crippen LogP contribution is 2.26. The fraction of sp³-hybridized carbons (Fsp3) is 0.304. The van der Waals surface area contributed by atoms with Crippen molar-refractivity contribution in [1.82, 2.24) is 10.2 Å². The molecule has 4 rings (SSSR count). The molecule has 0 unspecified atom stereocenters. The van der Waals surface area contributed by atoms with Gasteiger partial charge >= 0.3 is 6.03 Å².